The molecule has 4 heterocycles. The highest BCUT2D eigenvalue weighted by molar-refractivity contribution is 6.06. The maximum absolute atomic E-state index is 14.0. The Hall–Kier alpha value is -3.90. The average Bonchev–Trinajstić information content (AvgIpc) is 3.54. The number of piperidine rings is 1. The van der Waals surface area contributed by atoms with Gasteiger partial charge in [0.2, 0.25) is 18.6 Å². The van der Waals surface area contributed by atoms with Crippen molar-refractivity contribution in [2.24, 2.45) is 0 Å². The van der Waals surface area contributed by atoms with Gasteiger partial charge in [0.05, 0.1) is 28.0 Å². The van der Waals surface area contributed by atoms with Gasteiger partial charge >= 0.3 is 6.18 Å². The monoisotopic (exact) mass is 625 g/mol. The number of nitrogens with zero attached hydrogens (tertiary/aromatic N) is 3. The number of nitrogens with one attached hydrogen (secondary N) is 2. The van der Waals surface area contributed by atoms with E-state index in [9.17, 15) is 23.1 Å². The van der Waals surface area contributed by atoms with Gasteiger partial charge in [-0.05, 0) is 95.6 Å². The number of hydrogen-bond donors (Lipinski definition) is 3. The van der Waals surface area contributed by atoms with E-state index in [1.807, 2.05) is 45.9 Å². The van der Waals surface area contributed by atoms with Gasteiger partial charge in [-0.2, -0.15) is 13.2 Å². The van der Waals surface area contributed by atoms with Gasteiger partial charge in [-0.3, -0.25) is 4.79 Å². The molecule has 0 atom stereocenters. The van der Waals surface area contributed by atoms with Crippen LogP contribution in [0.2, 0.25) is 0 Å². The van der Waals surface area contributed by atoms with Crippen LogP contribution in [0.3, 0.4) is 0 Å². The van der Waals surface area contributed by atoms with E-state index in [1.165, 1.54) is 0 Å². The van der Waals surface area contributed by atoms with Crippen LogP contribution in [0.15, 0.2) is 36.5 Å². The molecular formula is C33H38F3N5O4. The van der Waals surface area contributed by atoms with E-state index in [0.717, 1.165) is 48.8 Å². The number of aromatic nitrogens is 2. The Morgan fingerprint density at radius 2 is 1.82 bits per heavy atom. The predicted molar refractivity (Wildman–Crippen MR) is 163 cm³/mol. The lowest BCUT2D eigenvalue weighted by Crippen LogP contribution is -2.42. The number of anilines is 3. The summed E-state index contributed by atoms with van der Waals surface area (Å²) >= 11 is 0. The Bertz CT molecular complexity index is 1610. The fraction of sp³-hybridized carbons (Fsp3) is 0.485. The molecule has 3 aliphatic rings. The zero-order chi connectivity index (χ0) is 32.1. The first kappa shape index (κ1) is 31.1. The smallest absolute Gasteiger partial charge is 0.419 e. The summed E-state index contributed by atoms with van der Waals surface area (Å²) in [7, 11) is 0. The lowest BCUT2D eigenvalue weighted by Gasteiger charge is -2.35. The molecule has 0 radical (unpaired) electrons. The predicted octanol–water partition coefficient (Wildman–Crippen LogP) is 5.93. The molecule has 240 valence electrons. The number of halogens is 3. The molecule has 3 N–H and O–H groups in total. The van der Waals surface area contributed by atoms with Gasteiger partial charge < -0.3 is 30.1 Å². The number of carbonyl (C=O) groups excluding carboxylic acids is 1. The quantitative estimate of drug-likeness (QED) is 0.283. The Labute approximate surface area is 260 Å². The van der Waals surface area contributed by atoms with E-state index in [-0.39, 0.29) is 43.1 Å². The van der Waals surface area contributed by atoms with Crippen LogP contribution in [0, 0.1) is 0 Å². The molecule has 0 saturated carbocycles. The number of fused-ring (bicyclic) bond motifs is 2. The van der Waals surface area contributed by atoms with E-state index in [0.29, 0.717) is 29.4 Å². The van der Waals surface area contributed by atoms with Gasteiger partial charge in [-0.1, -0.05) is 18.2 Å². The van der Waals surface area contributed by atoms with Crippen LogP contribution in [0.5, 0.6) is 11.5 Å². The lowest BCUT2D eigenvalue weighted by atomic mass is 9.82. The second kappa shape index (κ2) is 11.5. The maximum atomic E-state index is 14.0. The number of rotatable bonds is 8. The minimum Gasteiger partial charge on any atom is -0.453 e. The van der Waals surface area contributed by atoms with Crippen molar-refractivity contribution in [2.75, 3.05) is 37.1 Å². The number of amides is 1. The molecule has 0 bridgehead atoms. The van der Waals surface area contributed by atoms with E-state index in [4.69, 9.17) is 9.47 Å². The Morgan fingerprint density at radius 1 is 1.09 bits per heavy atom. The van der Waals surface area contributed by atoms with E-state index in [2.05, 4.69) is 25.5 Å². The molecule has 1 aromatic heterocycles. The Balaban J connectivity index is 1.22. The number of β-amino-alcohol motifs (C(OH)–C–C–N with tert-alkyl or cyclic N) is 1. The zero-order valence-electron chi connectivity index (χ0n) is 25.8. The van der Waals surface area contributed by atoms with E-state index >= 15 is 0 Å². The summed E-state index contributed by atoms with van der Waals surface area (Å²) in [6, 6.07) is 9.22. The molecule has 3 aliphatic heterocycles. The standard InChI is InChI=1S/C33H38F3N5O4/c1-31(2,43)17-41-14-12-19(13-15-41)21-9-11-25(28-27(21)44-18-45-28)40-30-37-16-22(33(34,35)36)23(39-30)10-8-20-6-5-7-24-26(20)32(3,4)29(42)38-24/h5-7,9,11,16,19,43H,8,10,12-15,17-18H2,1-4H3,(H,38,42)(H,37,39,40). The average molecular weight is 626 g/mol. The summed E-state index contributed by atoms with van der Waals surface area (Å²) in [6.07, 6.45) is -1.77. The van der Waals surface area contributed by atoms with Crippen molar-refractivity contribution in [2.45, 2.75) is 76.5 Å². The van der Waals surface area contributed by atoms with Crippen molar-refractivity contribution in [1.29, 1.82) is 0 Å². The normalized spacial score (nSPS) is 18.2. The Morgan fingerprint density at radius 3 is 2.53 bits per heavy atom. The SMILES string of the molecule is CC(C)(O)CN1CCC(c2ccc(Nc3ncc(C(F)(F)F)c(CCc4cccc5c4C(C)(C)C(=O)N5)n3)c3c2OCO3)CC1. The molecule has 12 heteroatoms. The molecule has 0 spiro atoms. The van der Waals surface area contributed by atoms with Crippen molar-refractivity contribution in [3.63, 3.8) is 0 Å². The fourth-order valence-electron chi connectivity index (χ4n) is 6.71. The summed E-state index contributed by atoms with van der Waals surface area (Å²) in [5.41, 5.74) is 1.21. The van der Waals surface area contributed by atoms with Gasteiger partial charge in [0.25, 0.3) is 0 Å². The van der Waals surface area contributed by atoms with Gasteiger partial charge in [0.1, 0.15) is 0 Å². The first-order valence-electron chi connectivity index (χ1n) is 15.2. The number of carbonyl (C=O) groups is 1. The highest BCUT2D eigenvalue weighted by Gasteiger charge is 2.40. The van der Waals surface area contributed by atoms with E-state index < -0.39 is 22.8 Å². The number of likely N-dealkylation sites (tertiary alicyclic amines) is 1. The molecule has 1 saturated heterocycles. The third kappa shape index (κ3) is 6.30. The molecule has 2 aromatic carbocycles. The van der Waals surface area contributed by atoms with Crippen LogP contribution >= 0.6 is 0 Å². The molecule has 3 aromatic rings. The second-order valence-corrected chi connectivity index (χ2v) is 13.2. The zero-order valence-corrected chi connectivity index (χ0v) is 25.8. The molecule has 45 heavy (non-hydrogen) atoms. The highest BCUT2D eigenvalue weighted by atomic mass is 19.4. The van der Waals surface area contributed by atoms with Gasteiger partial charge in [0, 0.05) is 24.0 Å². The summed E-state index contributed by atoms with van der Waals surface area (Å²) in [5, 5.41) is 16.1. The van der Waals surface area contributed by atoms with Gasteiger partial charge in [-0.25, -0.2) is 9.97 Å². The largest absolute Gasteiger partial charge is 0.453 e. The minimum atomic E-state index is -4.63. The van der Waals surface area contributed by atoms with Crippen LogP contribution in [-0.4, -0.2) is 57.9 Å². The molecular weight excluding hydrogens is 587 g/mol. The first-order chi connectivity index (χ1) is 21.2. The third-order valence-electron chi connectivity index (χ3n) is 8.83. The number of benzene rings is 2. The molecule has 0 unspecified atom stereocenters. The third-order valence-corrected chi connectivity index (χ3v) is 8.83. The number of alkyl halides is 3. The van der Waals surface area contributed by atoms with Crippen molar-refractivity contribution < 1.29 is 32.5 Å². The van der Waals surface area contributed by atoms with Crippen LogP contribution in [-0.2, 0) is 29.2 Å². The van der Waals surface area contributed by atoms with Crippen molar-refractivity contribution in [3.8, 4) is 11.5 Å². The van der Waals surface area contributed by atoms with Gasteiger partial charge in [0.15, 0.2) is 11.5 Å². The number of hydrogen-bond acceptors (Lipinski definition) is 8. The summed E-state index contributed by atoms with van der Waals surface area (Å²) in [5.74, 6) is 1.22. The number of aliphatic hydroxyl groups is 1. The van der Waals surface area contributed by atoms with E-state index in [1.54, 1.807) is 12.1 Å². The Kier molecular flexibility index (Phi) is 7.93. The molecule has 1 fully saturated rings. The molecule has 9 nitrogen and oxygen atoms in total. The van der Waals surface area contributed by atoms with Crippen LogP contribution in [0.25, 0.3) is 0 Å². The maximum Gasteiger partial charge on any atom is 0.419 e. The fourth-order valence-corrected chi connectivity index (χ4v) is 6.71. The van der Waals surface area contributed by atoms with Crippen LogP contribution in [0.4, 0.5) is 30.5 Å². The minimum absolute atomic E-state index is 0.00438. The summed E-state index contributed by atoms with van der Waals surface area (Å²) in [6.45, 7) is 9.57. The summed E-state index contributed by atoms with van der Waals surface area (Å²) in [4.78, 5) is 23.1. The highest BCUT2D eigenvalue weighted by Crippen LogP contribution is 2.47. The van der Waals surface area contributed by atoms with Crippen molar-refractivity contribution >= 4 is 23.2 Å². The topological polar surface area (TPSA) is 109 Å². The second-order valence-electron chi connectivity index (χ2n) is 13.2. The molecule has 0 aliphatic carbocycles. The van der Waals surface area contributed by atoms with Gasteiger partial charge in [-0.15, -0.1) is 0 Å². The molecule has 1 amide bonds. The van der Waals surface area contributed by atoms with Crippen molar-refractivity contribution in [1.82, 2.24) is 14.9 Å². The van der Waals surface area contributed by atoms with Crippen LogP contribution in [0.1, 0.15) is 74.4 Å². The van der Waals surface area contributed by atoms with Crippen molar-refractivity contribution in [3.05, 3.63) is 64.5 Å². The lowest BCUT2D eigenvalue weighted by molar-refractivity contribution is -0.138. The molecule has 6 rings (SSSR count). The summed E-state index contributed by atoms with van der Waals surface area (Å²) < 4.78 is 53.8. The number of ether oxygens (including phenoxy) is 2. The van der Waals surface area contributed by atoms with Crippen LogP contribution < -0.4 is 20.1 Å². The first-order valence-corrected chi connectivity index (χ1v) is 15.2. The number of aryl methyl sites for hydroxylation is 2.